The van der Waals surface area contributed by atoms with Crippen LogP contribution in [-0.4, -0.2) is 11.9 Å². The average Bonchev–Trinajstić information content (AvgIpc) is 2.60. The van der Waals surface area contributed by atoms with Crippen LogP contribution in [0, 0.1) is 5.82 Å². The molecule has 3 aromatic rings. The highest BCUT2D eigenvalue weighted by Crippen LogP contribution is 2.22. The van der Waals surface area contributed by atoms with Gasteiger partial charge in [-0.15, -0.1) is 0 Å². The van der Waals surface area contributed by atoms with Gasteiger partial charge in [0.25, 0.3) is 5.91 Å². The molecule has 0 aliphatic rings. The number of hydrogen-bond donors (Lipinski definition) is 3. The molecule has 0 saturated heterocycles. The Morgan fingerprint density at radius 3 is 2.42 bits per heavy atom. The van der Waals surface area contributed by atoms with Crippen LogP contribution in [0.5, 0.6) is 0 Å². The van der Waals surface area contributed by atoms with Crippen LogP contribution in [0.25, 0.3) is 10.8 Å². The van der Waals surface area contributed by atoms with Gasteiger partial charge in [-0.2, -0.15) is 0 Å². The van der Waals surface area contributed by atoms with Crippen LogP contribution in [0.4, 0.5) is 14.9 Å². The summed E-state index contributed by atoms with van der Waals surface area (Å²) in [5.41, 5.74) is 5.20. The topological polar surface area (TPSA) is 70.2 Å². The van der Waals surface area contributed by atoms with Crippen LogP contribution in [0.15, 0.2) is 66.7 Å². The van der Waals surface area contributed by atoms with E-state index >= 15 is 0 Å². The highest BCUT2D eigenvalue weighted by atomic mass is 19.1. The molecule has 0 fully saturated rings. The lowest BCUT2D eigenvalue weighted by Crippen LogP contribution is -2.43. The Kier molecular flexibility index (Phi) is 4.38. The zero-order valence-corrected chi connectivity index (χ0v) is 12.5. The molecule has 0 aliphatic carbocycles. The van der Waals surface area contributed by atoms with Crippen LogP contribution in [-0.2, 0) is 0 Å². The SMILES string of the molecule is O=C(NNC(=O)c1cccc(F)c1)Nc1cccc2ccccc12. The Bertz CT molecular complexity index is 906. The summed E-state index contributed by atoms with van der Waals surface area (Å²) < 4.78 is 13.1. The maximum absolute atomic E-state index is 13.1. The molecule has 24 heavy (non-hydrogen) atoms. The van der Waals surface area contributed by atoms with Crippen LogP contribution >= 0.6 is 0 Å². The van der Waals surface area contributed by atoms with E-state index in [-0.39, 0.29) is 5.56 Å². The van der Waals surface area contributed by atoms with Crippen molar-refractivity contribution in [3.05, 3.63) is 78.1 Å². The maximum Gasteiger partial charge on any atom is 0.337 e. The maximum atomic E-state index is 13.1. The number of amides is 3. The van der Waals surface area contributed by atoms with E-state index in [4.69, 9.17) is 0 Å². The lowest BCUT2D eigenvalue weighted by atomic mass is 10.1. The molecular weight excluding hydrogens is 309 g/mol. The molecule has 0 aliphatic heterocycles. The Hall–Kier alpha value is -3.41. The third kappa shape index (κ3) is 3.49. The Labute approximate surface area is 137 Å². The van der Waals surface area contributed by atoms with E-state index in [1.54, 1.807) is 6.07 Å². The summed E-state index contributed by atoms with van der Waals surface area (Å²) in [4.78, 5) is 23.8. The fourth-order valence-corrected chi connectivity index (χ4v) is 2.30. The highest BCUT2D eigenvalue weighted by Gasteiger charge is 2.09. The van der Waals surface area contributed by atoms with E-state index in [0.29, 0.717) is 5.69 Å². The van der Waals surface area contributed by atoms with Crippen LogP contribution in [0.3, 0.4) is 0 Å². The van der Waals surface area contributed by atoms with Crippen LogP contribution < -0.4 is 16.2 Å². The summed E-state index contributed by atoms with van der Waals surface area (Å²) in [6.45, 7) is 0. The first kappa shape index (κ1) is 15.5. The van der Waals surface area contributed by atoms with Crippen molar-refractivity contribution >= 4 is 28.4 Å². The summed E-state index contributed by atoms with van der Waals surface area (Å²) in [6, 6.07) is 17.7. The molecule has 3 aromatic carbocycles. The number of hydrazine groups is 1. The fourth-order valence-electron chi connectivity index (χ4n) is 2.30. The second-order valence-corrected chi connectivity index (χ2v) is 5.07. The van der Waals surface area contributed by atoms with Gasteiger partial charge in [-0.05, 0) is 29.7 Å². The van der Waals surface area contributed by atoms with Gasteiger partial charge < -0.3 is 5.32 Å². The number of benzene rings is 3. The van der Waals surface area contributed by atoms with Gasteiger partial charge in [-0.25, -0.2) is 14.6 Å². The third-order valence-corrected chi connectivity index (χ3v) is 3.41. The van der Waals surface area contributed by atoms with E-state index in [0.717, 1.165) is 16.8 Å². The molecule has 3 N–H and O–H groups in total. The Morgan fingerprint density at radius 2 is 1.58 bits per heavy atom. The summed E-state index contributed by atoms with van der Waals surface area (Å²) in [5, 5.41) is 4.53. The monoisotopic (exact) mass is 323 g/mol. The van der Waals surface area contributed by atoms with E-state index in [1.165, 1.54) is 18.2 Å². The lowest BCUT2D eigenvalue weighted by molar-refractivity contribution is 0.0937. The molecule has 5 nitrogen and oxygen atoms in total. The third-order valence-electron chi connectivity index (χ3n) is 3.41. The molecule has 0 bridgehead atoms. The first-order chi connectivity index (χ1) is 11.6. The number of rotatable bonds is 2. The molecular formula is C18H14FN3O2. The van der Waals surface area contributed by atoms with Gasteiger partial charge >= 0.3 is 6.03 Å². The molecule has 0 saturated carbocycles. The first-order valence-electron chi connectivity index (χ1n) is 7.24. The van der Waals surface area contributed by atoms with E-state index in [1.807, 2.05) is 36.4 Å². The van der Waals surface area contributed by atoms with E-state index < -0.39 is 17.8 Å². The van der Waals surface area contributed by atoms with Crippen molar-refractivity contribution in [1.82, 2.24) is 10.9 Å². The van der Waals surface area contributed by atoms with E-state index in [9.17, 15) is 14.0 Å². The van der Waals surface area contributed by atoms with Crippen molar-refractivity contribution in [1.29, 1.82) is 0 Å². The lowest BCUT2D eigenvalue weighted by Gasteiger charge is -2.11. The molecule has 0 heterocycles. The zero-order chi connectivity index (χ0) is 16.9. The van der Waals surface area contributed by atoms with Crippen molar-refractivity contribution in [2.75, 3.05) is 5.32 Å². The quantitative estimate of drug-likeness (QED) is 0.632. The van der Waals surface area contributed by atoms with Gasteiger partial charge in [0.15, 0.2) is 0 Å². The van der Waals surface area contributed by atoms with Gasteiger partial charge in [-0.1, -0.05) is 42.5 Å². The minimum atomic E-state index is -0.609. The molecule has 0 spiro atoms. The smallest absolute Gasteiger partial charge is 0.306 e. The van der Waals surface area contributed by atoms with Gasteiger partial charge in [0.2, 0.25) is 0 Å². The van der Waals surface area contributed by atoms with Gasteiger partial charge in [-0.3, -0.25) is 10.2 Å². The standard InChI is InChI=1S/C18H14FN3O2/c19-14-8-3-7-13(11-14)17(23)21-22-18(24)20-16-10-4-6-12-5-1-2-9-15(12)16/h1-11H,(H,21,23)(H2,20,22,24). The van der Waals surface area contributed by atoms with E-state index in [2.05, 4.69) is 16.2 Å². The number of hydrogen-bond acceptors (Lipinski definition) is 2. The van der Waals surface area contributed by atoms with Crippen molar-refractivity contribution in [3.63, 3.8) is 0 Å². The second-order valence-electron chi connectivity index (χ2n) is 5.07. The predicted octanol–water partition coefficient (Wildman–Crippen LogP) is 3.45. The minimum Gasteiger partial charge on any atom is -0.306 e. The number of fused-ring (bicyclic) bond motifs is 1. The van der Waals surface area contributed by atoms with Crippen LogP contribution in [0.1, 0.15) is 10.4 Å². The fraction of sp³-hybridized carbons (Fsp3) is 0. The van der Waals surface area contributed by atoms with Crippen molar-refractivity contribution in [3.8, 4) is 0 Å². The van der Waals surface area contributed by atoms with Gasteiger partial charge in [0, 0.05) is 10.9 Å². The largest absolute Gasteiger partial charge is 0.337 e. The predicted molar refractivity (Wildman–Crippen MR) is 90.0 cm³/mol. The molecule has 0 aromatic heterocycles. The van der Waals surface area contributed by atoms with Crippen LogP contribution in [0.2, 0.25) is 0 Å². The molecule has 0 atom stereocenters. The number of anilines is 1. The average molecular weight is 323 g/mol. The highest BCUT2D eigenvalue weighted by molar-refractivity contribution is 6.02. The summed E-state index contributed by atoms with van der Waals surface area (Å²) in [7, 11) is 0. The first-order valence-corrected chi connectivity index (χ1v) is 7.24. The molecule has 3 rings (SSSR count). The van der Waals surface area contributed by atoms with Gasteiger partial charge in [0.1, 0.15) is 5.82 Å². The number of carbonyl (C=O) groups excluding carboxylic acids is 2. The number of halogens is 1. The molecule has 6 heteroatoms. The Balaban J connectivity index is 1.64. The number of carbonyl (C=O) groups is 2. The summed E-state index contributed by atoms with van der Waals surface area (Å²) in [5.74, 6) is -1.13. The van der Waals surface area contributed by atoms with Crippen molar-refractivity contribution in [2.24, 2.45) is 0 Å². The molecule has 3 amide bonds. The normalized spacial score (nSPS) is 10.2. The van der Waals surface area contributed by atoms with Crippen molar-refractivity contribution in [2.45, 2.75) is 0 Å². The van der Waals surface area contributed by atoms with Gasteiger partial charge in [0.05, 0.1) is 5.69 Å². The second kappa shape index (κ2) is 6.78. The summed E-state index contributed by atoms with van der Waals surface area (Å²) >= 11 is 0. The summed E-state index contributed by atoms with van der Waals surface area (Å²) in [6.07, 6.45) is 0. The number of urea groups is 1. The molecule has 0 unspecified atom stereocenters. The molecule has 120 valence electrons. The number of nitrogens with one attached hydrogen (secondary N) is 3. The minimum absolute atomic E-state index is 0.112. The zero-order valence-electron chi connectivity index (χ0n) is 12.5. The van der Waals surface area contributed by atoms with Crippen molar-refractivity contribution < 1.29 is 14.0 Å². The molecule has 0 radical (unpaired) electrons. The Morgan fingerprint density at radius 1 is 0.833 bits per heavy atom.